The third kappa shape index (κ3) is 2.81. The molecular weight excluding hydrogens is 342 g/mol. The fourth-order valence-corrected chi connectivity index (χ4v) is 4.14. The molecule has 0 saturated carbocycles. The second kappa shape index (κ2) is 6.33. The van der Waals surface area contributed by atoms with Gasteiger partial charge in [0.05, 0.1) is 11.4 Å². The number of hydrogen-bond acceptors (Lipinski definition) is 5. The highest BCUT2D eigenvalue weighted by molar-refractivity contribution is 7.84. The molecule has 0 aliphatic rings. The van der Waals surface area contributed by atoms with Gasteiger partial charge in [-0.15, -0.1) is 11.3 Å². The van der Waals surface area contributed by atoms with E-state index in [2.05, 4.69) is 4.98 Å². The van der Waals surface area contributed by atoms with Gasteiger partial charge in [-0.3, -0.25) is 9.00 Å². The van der Waals surface area contributed by atoms with Crippen LogP contribution in [-0.4, -0.2) is 21.4 Å². The standard InChI is InChI=1S/C17H17N3O2S2/c1-3-9-8-12(10-4-6-11(7-5-10)24(2)22)20-17-13(9)14(18)15(23-17)16(19)21/h4-8H,3,18H2,1-2H3,(H2,19,21). The van der Waals surface area contributed by atoms with Crippen molar-refractivity contribution in [3.05, 3.63) is 40.8 Å². The summed E-state index contributed by atoms with van der Waals surface area (Å²) in [6, 6.07) is 9.45. The normalized spacial score (nSPS) is 12.4. The van der Waals surface area contributed by atoms with E-state index in [1.54, 1.807) is 6.26 Å². The van der Waals surface area contributed by atoms with Gasteiger partial charge in [-0.2, -0.15) is 0 Å². The van der Waals surface area contributed by atoms with Crippen LogP contribution in [-0.2, 0) is 17.2 Å². The number of aryl methyl sites for hydroxylation is 1. The average molecular weight is 359 g/mol. The summed E-state index contributed by atoms with van der Waals surface area (Å²) in [5.41, 5.74) is 14.7. The van der Waals surface area contributed by atoms with Gasteiger partial charge >= 0.3 is 0 Å². The van der Waals surface area contributed by atoms with E-state index in [9.17, 15) is 9.00 Å². The molecule has 3 rings (SSSR count). The number of fused-ring (bicyclic) bond motifs is 1. The van der Waals surface area contributed by atoms with Crippen LogP contribution in [0.4, 0.5) is 5.69 Å². The highest BCUT2D eigenvalue weighted by atomic mass is 32.2. The highest BCUT2D eigenvalue weighted by Gasteiger charge is 2.18. The number of aromatic nitrogens is 1. The van der Waals surface area contributed by atoms with Crippen molar-refractivity contribution >= 4 is 43.9 Å². The Hall–Kier alpha value is -2.25. The molecule has 0 aliphatic heterocycles. The van der Waals surface area contributed by atoms with Gasteiger partial charge in [-0.1, -0.05) is 19.1 Å². The quantitative estimate of drug-likeness (QED) is 0.748. The molecule has 0 aliphatic carbocycles. The fourth-order valence-electron chi connectivity index (χ4n) is 2.63. The molecule has 1 aromatic carbocycles. The average Bonchev–Trinajstić information content (AvgIpc) is 2.91. The molecule has 124 valence electrons. The number of primary amides is 1. The van der Waals surface area contributed by atoms with Gasteiger partial charge in [0.15, 0.2) is 0 Å². The van der Waals surface area contributed by atoms with E-state index in [0.29, 0.717) is 15.4 Å². The Kier molecular flexibility index (Phi) is 4.38. The van der Waals surface area contributed by atoms with Gasteiger partial charge in [0, 0.05) is 32.9 Å². The Morgan fingerprint density at radius 1 is 1.29 bits per heavy atom. The number of anilines is 1. The van der Waals surface area contributed by atoms with Crippen molar-refractivity contribution in [1.29, 1.82) is 0 Å². The van der Waals surface area contributed by atoms with Gasteiger partial charge in [-0.25, -0.2) is 4.98 Å². The maximum absolute atomic E-state index is 11.5. The predicted molar refractivity (Wildman–Crippen MR) is 99.7 cm³/mol. The summed E-state index contributed by atoms with van der Waals surface area (Å²) in [5, 5.41) is 0.811. The number of carbonyl (C=O) groups excluding carboxylic acids is 1. The monoisotopic (exact) mass is 359 g/mol. The number of benzene rings is 1. The number of thiophene rings is 1. The van der Waals surface area contributed by atoms with Gasteiger partial charge in [0.25, 0.3) is 5.91 Å². The first-order chi connectivity index (χ1) is 11.4. The number of amides is 1. The molecule has 1 unspecified atom stereocenters. The van der Waals surface area contributed by atoms with Gasteiger partial charge in [-0.05, 0) is 30.2 Å². The zero-order valence-electron chi connectivity index (χ0n) is 13.3. The SMILES string of the molecule is CCc1cc(-c2ccc(S(C)=O)cc2)nc2sc(C(N)=O)c(N)c12. The zero-order chi connectivity index (χ0) is 17.4. The lowest BCUT2D eigenvalue weighted by atomic mass is 10.0. The van der Waals surface area contributed by atoms with Crippen LogP contribution in [0, 0.1) is 0 Å². The topological polar surface area (TPSA) is 99.1 Å². The molecule has 24 heavy (non-hydrogen) atoms. The molecule has 7 heteroatoms. The molecule has 0 fully saturated rings. The summed E-state index contributed by atoms with van der Waals surface area (Å²) in [6.45, 7) is 2.03. The molecule has 1 atom stereocenters. The molecule has 1 amide bonds. The molecular formula is C17H17N3O2S2. The van der Waals surface area contributed by atoms with Crippen LogP contribution in [0.1, 0.15) is 22.2 Å². The van der Waals surface area contributed by atoms with Crippen molar-refractivity contribution in [1.82, 2.24) is 4.98 Å². The molecule has 0 saturated heterocycles. The van der Waals surface area contributed by atoms with E-state index in [4.69, 9.17) is 11.5 Å². The highest BCUT2D eigenvalue weighted by Crippen LogP contribution is 2.37. The van der Waals surface area contributed by atoms with E-state index in [1.165, 1.54) is 11.3 Å². The molecule has 0 spiro atoms. The van der Waals surface area contributed by atoms with Gasteiger partial charge in [0.1, 0.15) is 9.71 Å². The first kappa shape index (κ1) is 16.6. The lowest BCUT2D eigenvalue weighted by molar-refractivity contribution is 0.100. The molecule has 0 radical (unpaired) electrons. The summed E-state index contributed by atoms with van der Waals surface area (Å²) in [7, 11) is -1.01. The Morgan fingerprint density at radius 2 is 1.96 bits per heavy atom. The summed E-state index contributed by atoms with van der Waals surface area (Å²) in [4.78, 5) is 18.0. The van der Waals surface area contributed by atoms with E-state index < -0.39 is 16.7 Å². The summed E-state index contributed by atoms with van der Waals surface area (Å²) < 4.78 is 11.5. The van der Waals surface area contributed by atoms with Crippen molar-refractivity contribution in [3.63, 3.8) is 0 Å². The minimum atomic E-state index is -1.01. The Balaban J connectivity index is 2.19. The minimum absolute atomic E-state index is 0.348. The third-order valence-electron chi connectivity index (χ3n) is 3.87. The van der Waals surface area contributed by atoms with Gasteiger partial charge < -0.3 is 11.5 Å². The number of nitrogens with zero attached hydrogens (tertiary/aromatic N) is 1. The lowest BCUT2D eigenvalue weighted by Gasteiger charge is -2.07. The van der Waals surface area contributed by atoms with Gasteiger partial charge in [0.2, 0.25) is 0 Å². The molecule has 2 heterocycles. The molecule has 3 aromatic rings. The van der Waals surface area contributed by atoms with E-state index in [1.807, 2.05) is 37.3 Å². The molecule has 0 bridgehead atoms. The van der Waals surface area contributed by atoms with Crippen LogP contribution >= 0.6 is 11.3 Å². The third-order valence-corrected chi connectivity index (χ3v) is 5.92. The second-order valence-electron chi connectivity index (χ2n) is 5.39. The van der Waals surface area contributed by atoms with Crippen molar-refractivity contribution in [2.24, 2.45) is 5.73 Å². The first-order valence-electron chi connectivity index (χ1n) is 7.38. The van der Waals surface area contributed by atoms with Crippen molar-refractivity contribution in [2.75, 3.05) is 12.0 Å². The number of carbonyl (C=O) groups is 1. The van der Waals surface area contributed by atoms with Crippen LogP contribution in [0.25, 0.3) is 21.5 Å². The maximum Gasteiger partial charge on any atom is 0.260 e. The summed E-state index contributed by atoms with van der Waals surface area (Å²) in [5.74, 6) is -0.533. The number of nitrogen functional groups attached to an aromatic ring is 1. The number of nitrogens with two attached hydrogens (primary N) is 2. The van der Waals surface area contributed by atoms with E-state index in [-0.39, 0.29) is 0 Å². The predicted octanol–water partition coefficient (Wildman–Crippen LogP) is 2.94. The molecule has 2 aromatic heterocycles. The molecule has 4 N–H and O–H groups in total. The van der Waals surface area contributed by atoms with Crippen molar-refractivity contribution < 1.29 is 9.00 Å². The van der Waals surface area contributed by atoms with Crippen LogP contribution in [0.5, 0.6) is 0 Å². The number of rotatable bonds is 4. The van der Waals surface area contributed by atoms with Crippen LogP contribution < -0.4 is 11.5 Å². The van der Waals surface area contributed by atoms with Crippen molar-refractivity contribution in [3.8, 4) is 11.3 Å². The van der Waals surface area contributed by atoms with Crippen LogP contribution in [0.15, 0.2) is 35.2 Å². The first-order valence-corrected chi connectivity index (χ1v) is 9.75. The second-order valence-corrected chi connectivity index (χ2v) is 7.77. The summed E-state index contributed by atoms with van der Waals surface area (Å²) >= 11 is 1.22. The Labute approximate surface area is 146 Å². The smallest absolute Gasteiger partial charge is 0.260 e. The molecule has 5 nitrogen and oxygen atoms in total. The Bertz CT molecular complexity index is 962. The Morgan fingerprint density at radius 3 is 2.50 bits per heavy atom. The van der Waals surface area contributed by atoms with Crippen LogP contribution in [0.2, 0.25) is 0 Å². The summed E-state index contributed by atoms with van der Waals surface area (Å²) in [6.07, 6.45) is 2.41. The maximum atomic E-state index is 11.5. The van der Waals surface area contributed by atoms with E-state index >= 15 is 0 Å². The fraction of sp³-hybridized carbons (Fsp3) is 0.176. The van der Waals surface area contributed by atoms with Crippen molar-refractivity contribution in [2.45, 2.75) is 18.2 Å². The number of pyridine rings is 1. The zero-order valence-corrected chi connectivity index (χ0v) is 15.0. The van der Waals surface area contributed by atoms with Crippen LogP contribution in [0.3, 0.4) is 0 Å². The largest absolute Gasteiger partial charge is 0.397 e. The minimum Gasteiger partial charge on any atom is -0.397 e. The van der Waals surface area contributed by atoms with E-state index in [0.717, 1.165) is 33.5 Å². The number of hydrogen-bond donors (Lipinski definition) is 2. The lowest BCUT2D eigenvalue weighted by Crippen LogP contribution is -2.10.